The summed E-state index contributed by atoms with van der Waals surface area (Å²) in [4.78, 5) is 11.7. The first-order valence-corrected chi connectivity index (χ1v) is 10.3. The Morgan fingerprint density at radius 1 is 1.00 bits per heavy atom. The van der Waals surface area contributed by atoms with E-state index in [0.717, 1.165) is 24.3 Å². The molecule has 0 radical (unpaired) electrons. The quantitative estimate of drug-likeness (QED) is 0.511. The van der Waals surface area contributed by atoms with Crippen LogP contribution in [0.1, 0.15) is 10.4 Å². The molecule has 150 valence electrons. The van der Waals surface area contributed by atoms with Crippen LogP contribution in [0.5, 0.6) is 5.75 Å². The van der Waals surface area contributed by atoms with Crippen LogP contribution in [0.15, 0.2) is 65.6 Å². The number of amides is 1. The Balaban J connectivity index is 1.92. The fraction of sp³-hybridized carbons (Fsp3) is 0. The van der Waals surface area contributed by atoms with Crippen LogP contribution in [-0.4, -0.2) is 19.4 Å². The number of para-hydroxylation sites is 1. The van der Waals surface area contributed by atoms with Crippen LogP contribution < -0.4 is 10.0 Å². The first-order valence-electron chi connectivity index (χ1n) is 8.04. The lowest BCUT2D eigenvalue weighted by atomic mass is 10.2. The number of carbonyl (C=O) groups is 1. The first kappa shape index (κ1) is 20.9. The zero-order chi connectivity index (χ0) is 21.2. The van der Waals surface area contributed by atoms with Crippen molar-refractivity contribution in [1.29, 1.82) is 0 Å². The second kappa shape index (κ2) is 8.28. The Morgan fingerprint density at radius 2 is 1.69 bits per heavy atom. The summed E-state index contributed by atoms with van der Waals surface area (Å²) in [5, 5.41) is 12.2. The topological polar surface area (TPSA) is 95.5 Å². The summed E-state index contributed by atoms with van der Waals surface area (Å²) in [6, 6.07) is 13.9. The van der Waals surface area contributed by atoms with Gasteiger partial charge in [0.2, 0.25) is 0 Å². The van der Waals surface area contributed by atoms with Crippen molar-refractivity contribution < 1.29 is 22.7 Å². The van der Waals surface area contributed by atoms with E-state index in [1.165, 1.54) is 6.07 Å². The zero-order valence-electron chi connectivity index (χ0n) is 14.5. The van der Waals surface area contributed by atoms with Crippen LogP contribution in [0.25, 0.3) is 0 Å². The summed E-state index contributed by atoms with van der Waals surface area (Å²) < 4.78 is 41.4. The summed E-state index contributed by atoms with van der Waals surface area (Å²) in [6.45, 7) is 0. The maximum Gasteiger partial charge on any atom is 0.265 e. The second-order valence-corrected chi connectivity index (χ2v) is 8.35. The van der Waals surface area contributed by atoms with Crippen molar-refractivity contribution in [2.24, 2.45) is 0 Å². The smallest absolute Gasteiger partial charge is 0.265 e. The maximum atomic E-state index is 14.2. The minimum atomic E-state index is -4.45. The molecule has 6 nitrogen and oxygen atoms in total. The van der Waals surface area contributed by atoms with E-state index < -0.39 is 38.1 Å². The minimum Gasteiger partial charge on any atom is -0.505 e. The molecule has 0 saturated carbocycles. The molecule has 3 N–H and O–H groups in total. The van der Waals surface area contributed by atoms with Gasteiger partial charge in [-0.1, -0.05) is 41.4 Å². The molecule has 0 heterocycles. The molecule has 0 unspecified atom stereocenters. The van der Waals surface area contributed by atoms with Crippen LogP contribution in [0.3, 0.4) is 0 Å². The molecule has 3 aromatic carbocycles. The summed E-state index contributed by atoms with van der Waals surface area (Å²) in [7, 11) is -4.45. The Morgan fingerprint density at radius 3 is 2.38 bits per heavy atom. The number of benzene rings is 3. The number of hydrogen-bond donors (Lipinski definition) is 3. The Hall–Kier alpha value is -2.81. The Bertz CT molecular complexity index is 1190. The number of halogens is 3. The normalized spacial score (nSPS) is 11.1. The number of sulfonamides is 1. The van der Waals surface area contributed by atoms with Crippen molar-refractivity contribution in [2.45, 2.75) is 4.90 Å². The monoisotopic (exact) mass is 454 g/mol. The number of hydrogen-bond acceptors (Lipinski definition) is 4. The second-order valence-electron chi connectivity index (χ2n) is 5.85. The molecule has 3 rings (SSSR count). The largest absolute Gasteiger partial charge is 0.505 e. The van der Waals surface area contributed by atoms with E-state index in [1.54, 1.807) is 30.3 Å². The van der Waals surface area contributed by atoms with Gasteiger partial charge in [0, 0.05) is 16.3 Å². The van der Waals surface area contributed by atoms with Gasteiger partial charge in [-0.15, -0.1) is 0 Å². The molecule has 0 aliphatic carbocycles. The summed E-state index contributed by atoms with van der Waals surface area (Å²) in [5.41, 5.74) is 0.0463. The van der Waals surface area contributed by atoms with Gasteiger partial charge in [-0.25, -0.2) is 12.8 Å². The number of anilines is 2. The van der Waals surface area contributed by atoms with E-state index in [1.807, 2.05) is 4.72 Å². The number of phenolic OH excluding ortho intramolecular Hbond substituents is 1. The van der Waals surface area contributed by atoms with E-state index in [-0.39, 0.29) is 15.6 Å². The highest BCUT2D eigenvalue weighted by molar-refractivity contribution is 7.92. The molecule has 3 aromatic rings. The summed E-state index contributed by atoms with van der Waals surface area (Å²) >= 11 is 11.5. The minimum absolute atomic E-state index is 0.0151. The van der Waals surface area contributed by atoms with Crippen LogP contribution in [-0.2, 0) is 10.0 Å². The fourth-order valence-electron chi connectivity index (χ4n) is 2.42. The van der Waals surface area contributed by atoms with Gasteiger partial charge in [0.1, 0.15) is 10.7 Å². The van der Waals surface area contributed by atoms with E-state index in [2.05, 4.69) is 5.32 Å². The summed E-state index contributed by atoms with van der Waals surface area (Å²) in [6.07, 6.45) is 0. The lowest BCUT2D eigenvalue weighted by molar-refractivity contribution is 0.102. The van der Waals surface area contributed by atoms with Crippen molar-refractivity contribution in [3.63, 3.8) is 0 Å². The lowest BCUT2D eigenvalue weighted by Crippen LogP contribution is -2.16. The highest BCUT2D eigenvalue weighted by Gasteiger charge is 2.23. The maximum absolute atomic E-state index is 14.2. The molecule has 10 heteroatoms. The van der Waals surface area contributed by atoms with Crippen molar-refractivity contribution in [2.75, 3.05) is 10.0 Å². The molecule has 0 aliphatic rings. The molecular weight excluding hydrogens is 442 g/mol. The predicted molar refractivity (Wildman–Crippen MR) is 110 cm³/mol. The average molecular weight is 455 g/mol. The van der Waals surface area contributed by atoms with Crippen molar-refractivity contribution in [3.05, 3.63) is 82.1 Å². The standard InChI is InChI=1S/C19H13Cl2FN2O4S/c20-12-9-14(21)18(25)17(10-12)29(27,28)24-16-8-11(6-7-15(16)22)19(26)23-13-4-2-1-3-5-13/h1-10,24-25H,(H,23,26). The van der Waals surface area contributed by atoms with Gasteiger partial charge in [-0.2, -0.15) is 0 Å². The van der Waals surface area contributed by atoms with Gasteiger partial charge in [0.25, 0.3) is 15.9 Å². The third kappa shape index (κ3) is 4.79. The molecule has 0 fully saturated rings. The summed E-state index contributed by atoms with van der Waals surface area (Å²) in [5.74, 6) is -2.22. The molecule has 0 aliphatic heterocycles. The van der Waals surface area contributed by atoms with Crippen molar-refractivity contribution in [1.82, 2.24) is 0 Å². The highest BCUT2D eigenvalue weighted by atomic mass is 35.5. The van der Waals surface area contributed by atoms with Gasteiger partial charge in [0.05, 0.1) is 10.7 Å². The third-order valence-corrected chi connectivity index (χ3v) is 5.67. The SMILES string of the molecule is O=C(Nc1ccccc1)c1ccc(F)c(NS(=O)(=O)c2cc(Cl)cc(Cl)c2O)c1. The predicted octanol–water partition coefficient (Wildman–Crippen LogP) is 4.89. The number of aromatic hydroxyl groups is 1. The zero-order valence-corrected chi connectivity index (χ0v) is 16.8. The van der Waals surface area contributed by atoms with Gasteiger partial charge >= 0.3 is 0 Å². The Labute approximate surface area is 175 Å². The lowest BCUT2D eigenvalue weighted by Gasteiger charge is -2.13. The van der Waals surface area contributed by atoms with Crippen molar-refractivity contribution >= 4 is 50.5 Å². The van der Waals surface area contributed by atoms with Crippen molar-refractivity contribution in [3.8, 4) is 5.75 Å². The molecular formula is C19H13Cl2FN2O4S. The number of carbonyl (C=O) groups excluding carboxylic acids is 1. The number of rotatable bonds is 5. The highest BCUT2D eigenvalue weighted by Crippen LogP contribution is 2.35. The fourth-order valence-corrected chi connectivity index (χ4v) is 4.23. The average Bonchev–Trinajstić information content (AvgIpc) is 2.67. The van der Waals surface area contributed by atoms with E-state index in [0.29, 0.717) is 5.69 Å². The number of nitrogens with one attached hydrogen (secondary N) is 2. The molecule has 0 saturated heterocycles. The van der Waals surface area contributed by atoms with Crippen LogP contribution in [0.4, 0.5) is 15.8 Å². The van der Waals surface area contributed by atoms with Gasteiger partial charge < -0.3 is 10.4 Å². The third-order valence-electron chi connectivity index (χ3n) is 3.79. The molecule has 0 bridgehead atoms. The van der Waals surface area contributed by atoms with Crippen LogP contribution in [0.2, 0.25) is 10.0 Å². The van der Waals surface area contributed by atoms with E-state index in [4.69, 9.17) is 23.2 Å². The molecule has 0 aromatic heterocycles. The van der Waals surface area contributed by atoms with Gasteiger partial charge in [-0.05, 0) is 42.5 Å². The molecule has 1 amide bonds. The first-order chi connectivity index (χ1) is 13.7. The van der Waals surface area contributed by atoms with E-state index in [9.17, 15) is 22.7 Å². The van der Waals surface area contributed by atoms with Gasteiger partial charge in [0.15, 0.2) is 5.75 Å². The van der Waals surface area contributed by atoms with Crippen LogP contribution in [0, 0.1) is 5.82 Å². The van der Waals surface area contributed by atoms with E-state index >= 15 is 0 Å². The molecule has 29 heavy (non-hydrogen) atoms. The molecule has 0 atom stereocenters. The van der Waals surface area contributed by atoms with Gasteiger partial charge in [-0.3, -0.25) is 9.52 Å². The Kier molecular flexibility index (Phi) is 5.97. The van der Waals surface area contributed by atoms with Crippen LogP contribution >= 0.6 is 23.2 Å². The number of phenols is 1. The molecule has 0 spiro atoms.